The van der Waals surface area contributed by atoms with Gasteiger partial charge in [-0.1, -0.05) is 0 Å². The molecule has 0 aromatic carbocycles. The third kappa shape index (κ3) is 4.60. The third-order valence-electron chi connectivity index (χ3n) is 4.09. The van der Waals surface area contributed by atoms with Gasteiger partial charge in [0.05, 0.1) is 5.92 Å². The van der Waals surface area contributed by atoms with Gasteiger partial charge in [-0.25, -0.2) is 4.79 Å². The summed E-state index contributed by atoms with van der Waals surface area (Å²) in [6, 6.07) is -0.139. The number of carbonyl (C=O) groups is 2. The highest BCUT2D eigenvalue weighted by molar-refractivity contribution is 5.91. The van der Waals surface area contributed by atoms with Crippen LogP contribution in [-0.2, 0) is 11.0 Å². The first-order valence-corrected chi connectivity index (χ1v) is 8.10. The van der Waals surface area contributed by atoms with E-state index in [1.807, 2.05) is 13.8 Å². The van der Waals surface area contributed by atoms with Crippen LogP contribution in [0.25, 0.3) is 0 Å². The second-order valence-corrected chi connectivity index (χ2v) is 5.73. The molecule has 11 heteroatoms. The Labute approximate surface area is 142 Å². The summed E-state index contributed by atoms with van der Waals surface area (Å²) in [5, 5.41) is 7.37. The van der Waals surface area contributed by atoms with E-state index in [2.05, 4.69) is 15.4 Å². The number of piperidine rings is 1. The van der Waals surface area contributed by atoms with Crippen molar-refractivity contribution in [1.29, 1.82) is 0 Å². The zero-order valence-corrected chi connectivity index (χ0v) is 14.1. The lowest BCUT2D eigenvalue weighted by atomic mass is 9.97. The Balaban J connectivity index is 1.97. The van der Waals surface area contributed by atoms with Crippen LogP contribution in [0.2, 0.25) is 0 Å². The zero-order chi connectivity index (χ0) is 18.6. The van der Waals surface area contributed by atoms with E-state index in [4.69, 9.17) is 0 Å². The number of aromatic nitrogens is 3. The summed E-state index contributed by atoms with van der Waals surface area (Å²) in [7, 11) is 0. The minimum absolute atomic E-state index is 0.139. The van der Waals surface area contributed by atoms with Gasteiger partial charge in [-0.15, -0.1) is 5.10 Å². The van der Waals surface area contributed by atoms with Gasteiger partial charge in [0.15, 0.2) is 0 Å². The standard InChI is InChI=1S/C14H21F3N6O2/c1-3-22(4-2)13(25)23-7-5-6-9(8-23)10(24)18-12-19-11(20-21-12)14(15,16)17/h9H,3-8H2,1-2H3,(H2,18,19,20,21,24). The van der Waals surface area contributed by atoms with Crippen molar-refractivity contribution in [3.8, 4) is 0 Å². The van der Waals surface area contributed by atoms with Crippen LogP contribution in [0.5, 0.6) is 0 Å². The quantitative estimate of drug-likeness (QED) is 0.856. The predicted molar refractivity (Wildman–Crippen MR) is 82.6 cm³/mol. The van der Waals surface area contributed by atoms with Gasteiger partial charge < -0.3 is 9.80 Å². The molecule has 1 aromatic heterocycles. The molecule has 0 spiro atoms. The molecule has 1 aromatic rings. The summed E-state index contributed by atoms with van der Waals surface area (Å²) >= 11 is 0. The summed E-state index contributed by atoms with van der Waals surface area (Å²) < 4.78 is 37.4. The summed E-state index contributed by atoms with van der Waals surface area (Å²) in [4.78, 5) is 31.1. The molecule has 1 fully saturated rings. The predicted octanol–water partition coefficient (Wildman–Crippen LogP) is 1.94. The maximum atomic E-state index is 12.5. The molecule has 25 heavy (non-hydrogen) atoms. The average molecular weight is 362 g/mol. The van der Waals surface area contributed by atoms with Crippen molar-refractivity contribution in [2.75, 3.05) is 31.5 Å². The van der Waals surface area contributed by atoms with Crippen LogP contribution in [0.3, 0.4) is 0 Å². The highest BCUT2D eigenvalue weighted by atomic mass is 19.4. The molecule has 1 saturated heterocycles. The van der Waals surface area contributed by atoms with Gasteiger partial charge in [0.2, 0.25) is 17.7 Å². The fourth-order valence-electron chi connectivity index (χ4n) is 2.72. The van der Waals surface area contributed by atoms with Gasteiger partial charge in [0, 0.05) is 26.2 Å². The fraction of sp³-hybridized carbons (Fsp3) is 0.714. The first-order valence-electron chi connectivity index (χ1n) is 8.10. The van der Waals surface area contributed by atoms with Crippen molar-refractivity contribution in [2.24, 2.45) is 5.92 Å². The molecule has 140 valence electrons. The Hall–Kier alpha value is -2.33. The summed E-state index contributed by atoms with van der Waals surface area (Å²) in [5.41, 5.74) is 0. The molecule has 1 aliphatic rings. The molecule has 8 nitrogen and oxygen atoms in total. The number of hydrogen-bond donors (Lipinski definition) is 2. The van der Waals surface area contributed by atoms with Crippen molar-refractivity contribution < 1.29 is 22.8 Å². The molecule has 0 aliphatic carbocycles. The SMILES string of the molecule is CCN(CC)C(=O)N1CCCC(C(=O)Nc2n[nH]c(C(F)(F)F)n2)C1. The monoisotopic (exact) mass is 362 g/mol. The van der Waals surface area contributed by atoms with Crippen LogP contribution in [0.4, 0.5) is 23.9 Å². The van der Waals surface area contributed by atoms with Gasteiger partial charge in [0.25, 0.3) is 0 Å². The lowest BCUT2D eigenvalue weighted by molar-refractivity contribution is -0.144. The summed E-state index contributed by atoms with van der Waals surface area (Å²) in [6.07, 6.45) is -3.47. The van der Waals surface area contributed by atoms with Crippen molar-refractivity contribution in [1.82, 2.24) is 25.0 Å². The van der Waals surface area contributed by atoms with E-state index in [1.54, 1.807) is 14.9 Å². The van der Waals surface area contributed by atoms with E-state index < -0.39 is 29.8 Å². The van der Waals surface area contributed by atoms with Crippen molar-refractivity contribution >= 4 is 17.9 Å². The Bertz CT molecular complexity index is 614. The molecule has 2 heterocycles. The van der Waals surface area contributed by atoms with Gasteiger partial charge in [-0.05, 0) is 26.7 Å². The maximum absolute atomic E-state index is 12.5. The van der Waals surface area contributed by atoms with Crippen molar-refractivity contribution in [3.63, 3.8) is 0 Å². The number of anilines is 1. The minimum atomic E-state index is -4.66. The van der Waals surface area contributed by atoms with Gasteiger partial charge in [-0.2, -0.15) is 18.2 Å². The molecule has 0 radical (unpaired) electrons. The van der Waals surface area contributed by atoms with E-state index >= 15 is 0 Å². The third-order valence-corrected chi connectivity index (χ3v) is 4.09. The number of carbonyl (C=O) groups excluding carboxylic acids is 2. The number of nitrogens with one attached hydrogen (secondary N) is 2. The molecule has 1 unspecified atom stereocenters. The second kappa shape index (κ2) is 7.70. The number of likely N-dealkylation sites (tertiary alicyclic amines) is 1. The van der Waals surface area contributed by atoms with E-state index in [0.717, 1.165) is 0 Å². The van der Waals surface area contributed by atoms with Crippen LogP contribution < -0.4 is 5.32 Å². The molecule has 1 aliphatic heterocycles. The molecule has 2 rings (SSSR count). The smallest absolute Gasteiger partial charge is 0.325 e. The van der Waals surface area contributed by atoms with Gasteiger partial charge >= 0.3 is 12.2 Å². The number of alkyl halides is 3. The lowest BCUT2D eigenvalue weighted by Crippen LogP contribution is -2.49. The molecule has 0 saturated carbocycles. The Morgan fingerprint density at radius 2 is 2.04 bits per heavy atom. The highest BCUT2D eigenvalue weighted by Gasteiger charge is 2.36. The number of amides is 3. The van der Waals surface area contributed by atoms with E-state index in [0.29, 0.717) is 32.5 Å². The lowest BCUT2D eigenvalue weighted by Gasteiger charge is -2.35. The largest absolute Gasteiger partial charge is 0.451 e. The molecule has 0 bridgehead atoms. The Kier molecular flexibility index (Phi) is 5.85. The first kappa shape index (κ1) is 19.0. The molecule has 1 atom stereocenters. The summed E-state index contributed by atoms with van der Waals surface area (Å²) in [6.45, 7) is 5.66. The number of rotatable bonds is 4. The zero-order valence-electron chi connectivity index (χ0n) is 14.1. The van der Waals surface area contributed by atoms with E-state index in [1.165, 1.54) is 0 Å². The van der Waals surface area contributed by atoms with Crippen LogP contribution in [0.1, 0.15) is 32.5 Å². The molecular formula is C14H21F3N6O2. The van der Waals surface area contributed by atoms with Crippen molar-refractivity contribution in [3.05, 3.63) is 5.82 Å². The number of halogens is 3. The van der Waals surface area contributed by atoms with E-state index in [-0.39, 0.29) is 12.6 Å². The van der Waals surface area contributed by atoms with Crippen LogP contribution in [0, 0.1) is 5.92 Å². The molecule has 3 amide bonds. The first-order chi connectivity index (χ1) is 11.8. The second-order valence-electron chi connectivity index (χ2n) is 5.73. The van der Waals surface area contributed by atoms with E-state index in [9.17, 15) is 22.8 Å². The normalized spacial score (nSPS) is 18.1. The average Bonchev–Trinajstić information content (AvgIpc) is 3.05. The minimum Gasteiger partial charge on any atom is -0.325 e. The maximum Gasteiger partial charge on any atom is 0.451 e. The summed E-state index contributed by atoms with van der Waals surface area (Å²) in [5.74, 6) is -2.71. The number of nitrogens with zero attached hydrogens (tertiary/aromatic N) is 4. The number of H-pyrrole nitrogens is 1. The highest BCUT2D eigenvalue weighted by Crippen LogP contribution is 2.26. The number of hydrogen-bond acceptors (Lipinski definition) is 4. The Morgan fingerprint density at radius 3 is 2.60 bits per heavy atom. The van der Waals surface area contributed by atoms with Gasteiger partial charge in [0.1, 0.15) is 0 Å². The topological polar surface area (TPSA) is 94.2 Å². The van der Waals surface area contributed by atoms with Crippen LogP contribution in [0.15, 0.2) is 0 Å². The van der Waals surface area contributed by atoms with Crippen LogP contribution >= 0.6 is 0 Å². The molecular weight excluding hydrogens is 341 g/mol. The fourth-order valence-corrected chi connectivity index (χ4v) is 2.72. The van der Waals surface area contributed by atoms with Crippen LogP contribution in [-0.4, -0.2) is 63.1 Å². The number of urea groups is 1. The van der Waals surface area contributed by atoms with Gasteiger partial charge in [-0.3, -0.25) is 15.2 Å². The molecule has 2 N–H and O–H groups in total. The van der Waals surface area contributed by atoms with Crippen molar-refractivity contribution in [2.45, 2.75) is 32.9 Å². The number of aromatic amines is 1. The Morgan fingerprint density at radius 1 is 1.36 bits per heavy atom.